The number of aromatic nitrogens is 1. The van der Waals surface area contributed by atoms with Crippen molar-refractivity contribution in [2.75, 3.05) is 19.8 Å². The number of rotatable bonds is 8. The first-order chi connectivity index (χ1) is 7.83. The number of nitrogens with zero attached hydrogens (tertiary/aromatic N) is 1. The average molecular weight is 222 g/mol. The Bertz CT molecular complexity index is 264. The van der Waals surface area contributed by atoms with Gasteiger partial charge in [-0.05, 0) is 30.0 Å². The molecule has 0 spiro atoms. The Kier molecular flexibility index (Phi) is 6.77. The fourth-order valence-electron chi connectivity index (χ4n) is 1.45. The number of ether oxygens (including phenoxy) is 1. The van der Waals surface area contributed by atoms with Crippen LogP contribution in [0.5, 0.6) is 0 Å². The van der Waals surface area contributed by atoms with Crippen molar-refractivity contribution in [1.29, 1.82) is 0 Å². The van der Waals surface area contributed by atoms with Crippen molar-refractivity contribution in [1.82, 2.24) is 10.3 Å². The first-order valence-corrected chi connectivity index (χ1v) is 6.00. The van der Waals surface area contributed by atoms with Gasteiger partial charge in [-0.2, -0.15) is 0 Å². The Hall–Kier alpha value is -0.930. The van der Waals surface area contributed by atoms with Gasteiger partial charge in [-0.25, -0.2) is 0 Å². The molecule has 0 aliphatic carbocycles. The first-order valence-electron chi connectivity index (χ1n) is 6.00. The SMILES string of the molecule is CCCOCC(C)CNCc1ccncc1. The molecule has 16 heavy (non-hydrogen) atoms. The van der Waals surface area contributed by atoms with Gasteiger partial charge in [0, 0.05) is 32.1 Å². The van der Waals surface area contributed by atoms with Gasteiger partial charge in [0.05, 0.1) is 6.61 Å². The molecule has 1 atom stereocenters. The molecule has 1 aromatic rings. The quantitative estimate of drug-likeness (QED) is 0.685. The summed E-state index contributed by atoms with van der Waals surface area (Å²) < 4.78 is 5.50. The highest BCUT2D eigenvalue weighted by molar-refractivity contribution is 5.08. The highest BCUT2D eigenvalue weighted by Gasteiger charge is 2.01. The summed E-state index contributed by atoms with van der Waals surface area (Å²) in [4.78, 5) is 3.99. The molecule has 0 aliphatic rings. The first kappa shape index (κ1) is 13.1. The van der Waals surface area contributed by atoms with Crippen molar-refractivity contribution in [2.24, 2.45) is 5.92 Å². The highest BCUT2D eigenvalue weighted by atomic mass is 16.5. The Morgan fingerprint density at radius 1 is 1.38 bits per heavy atom. The van der Waals surface area contributed by atoms with Crippen molar-refractivity contribution in [3.8, 4) is 0 Å². The molecule has 0 aromatic carbocycles. The second kappa shape index (κ2) is 8.25. The minimum Gasteiger partial charge on any atom is -0.381 e. The van der Waals surface area contributed by atoms with Gasteiger partial charge in [-0.15, -0.1) is 0 Å². The summed E-state index contributed by atoms with van der Waals surface area (Å²) in [6.45, 7) is 7.94. The van der Waals surface area contributed by atoms with E-state index in [0.717, 1.165) is 32.7 Å². The Balaban J connectivity index is 2.06. The van der Waals surface area contributed by atoms with E-state index in [-0.39, 0.29) is 0 Å². The van der Waals surface area contributed by atoms with Gasteiger partial charge >= 0.3 is 0 Å². The van der Waals surface area contributed by atoms with Crippen LogP contribution in [0.3, 0.4) is 0 Å². The lowest BCUT2D eigenvalue weighted by molar-refractivity contribution is 0.105. The van der Waals surface area contributed by atoms with Crippen molar-refractivity contribution < 1.29 is 4.74 Å². The third kappa shape index (κ3) is 5.83. The zero-order chi connectivity index (χ0) is 11.6. The lowest BCUT2D eigenvalue weighted by Gasteiger charge is -2.12. The maximum Gasteiger partial charge on any atom is 0.0503 e. The van der Waals surface area contributed by atoms with Crippen LogP contribution in [-0.2, 0) is 11.3 Å². The van der Waals surface area contributed by atoms with Crippen LogP contribution in [0.25, 0.3) is 0 Å². The van der Waals surface area contributed by atoms with Crippen LogP contribution in [0.2, 0.25) is 0 Å². The van der Waals surface area contributed by atoms with Crippen LogP contribution in [0.1, 0.15) is 25.8 Å². The molecule has 1 rings (SSSR count). The van der Waals surface area contributed by atoms with E-state index in [2.05, 4.69) is 24.1 Å². The summed E-state index contributed by atoms with van der Waals surface area (Å²) in [7, 11) is 0. The maximum absolute atomic E-state index is 5.50. The average Bonchev–Trinajstić information content (AvgIpc) is 2.31. The number of hydrogen-bond donors (Lipinski definition) is 1. The summed E-state index contributed by atoms with van der Waals surface area (Å²) >= 11 is 0. The van der Waals surface area contributed by atoms with Gasteiger partial charge in [0.25, 0.3) is 0 Å². The van der Waals surface area contributed by atoms with Gasteiger partial charge in [-0.1, -0.05) is 13.8 Å². The minimum atomic E-state index is 0.563. The molecule has 90 valence electrons. The summed E-state index contributed by atoms with van der Waals surface area (Å²) in [6.07, 6.45) is 4.74. The summed E-state index contributed by atoms with van der Waals surface area (Å²) in [6, 6.07) is 4.07. The molecule has 0 aliphatic heterocycles. The molecule has 0 amide bonds. The lowest BCUT2D eigenvalue weighted by Crippen LogP contribution is -2.23. The van der Waals surface area contributed by atoms with Gasteiger partial charge in [-0.3, -0.25) is 4.98 Å². The van der Waals surface area contributed by atoms with E-state index < -0.39 is 0 Å². The molecule has 0 saturated heterocycles. The molecule has 0 radical (unpaired) electrons. The smallest absolute Gasteiger partial charge is 0.0503 e. The second-order valence-corrected chi connectivity index (χ2v) is 4.17. The minimum absolute atomic E-state index is 0.563. The molecular weight excluding hydrogens is 200 g/mol. The second-order valence-electron chi connectivity index (χ2n) is 4.17. The molecule has 1 N–H and O–H groups in total. The monoisotopic (exact) mass is 222 g/mol. The van der Waals surface area contributed by atoms with E-state index in [1.54, 1.807) is 0 Å². The van der Waals surface area contributed by atoms with Gasteiger partial charge < -0.3 is 10.1 Å². The summed E-state index contributed by atoms with van der Waals surface area (Å²) in [5.41, 5.74) is 1.27. The largest absolute Gasteiger partial charge is 0.381 e. The molecule has 3 nitrogen and oxygen atoms in total. The molecule has 1 aromatic heterocycles. The molecular formula is C13H22N2O. The van der Waals surface area contributed by atoms with Crippen molar-refractivity contribution in [3.05, 3.63) is 30.1 Å². The fourth-order valence-corrected chi connectivity index (χ4v) is 1.45. The van der Waals surface area contributed by atoms with Crippen LogP contribution in [-0.4, -0.2) is 24.7 Å². The molecule has 3 heteroatoms. The summed E-state index contributed by atoms with van der Waals surface area (Å²) in [5, 5.41) is 3.42. The summed E-state index contributed by atoms with van der Waals surface area (Å²) in [5.74, 6) is 0.563. The normalized spacial score (nSPS) is 12.6. The van der Waals surface area contributed by atoms with E-state index in [1.165, 1.54) is 5.56 Å². The number of pyridine rings is 1. The number of nitrogens with one attached hydrogen (secondary N) is 1. The van der Waals surface area contributed by atoms with Crippen molar-refractivity contribution >= 4 is 0 Å². The van der Waals surface area contributed by atoms with Crippen LogP contribution in [0, 0.1) is 5.92 Å². The van der Waals surface area contributed by atoms with E-state index in [9.17, 15) is 0 Å². The van der Waals surface area contributed by atoms with Gasteiger partial charge in [0.15, 0.2) is 0 Å². The molecule has 0 fully saturated rings. The van der Waals surface area contributed by atoms with E-state index in [4.69, 9.17) is 4.74 Å². The predicted molar refractivity (Wildman–Crippen MR) is 66.2 cm³/mol. The fraction of sp³-hybridized carbons (Fsp3) is 0.615. The number of hydrogen-bond acceptors (Lipinski definition) is 3. The molecule has 0 bridgehead atoms. The molecule has 1 unspecified atom stereocenters. The predicted octanol–water partition coefficient (Wildman–Crippen LogP) is 2.23. The Morgan fingerprint density at radius 3 is 2.81 bits per heavy atom. The van der Waals surface area contributed by atoms with E-state index >= 15 is 0 Å². The van der Waals surface area contributed by atoms with Crippen LogP contribution in [0.15, 0.2) is 24.5 Å². The standard InChI is InChI=1S/C13H22N2O/c1-3-8-16-11-12(2)9-15-10-13-4-6-14-7-5-13/h4-7,12,15H,3,8-11H2,1-2H3. The van der Waals surface area contributed by atoms with Crippen molar-refractivity contribution in [2.45, 2.75) is 26.8 Å². The zero-order valence-corrected chi connectivity index (χ0v) is 10.3. The molecule has 0 saturated carbocycles. The van der Waals surface area contributed by atoms with Crippen LogP contribution in [0.4, 0.5) is 0 Å². The third-order valence-corrected chi connectivity index (χ3v) is 2.32. The maximum atomic E-state index is 5.50. The lowest BCUT2D eigenvalue weighted by atomic mass is 10.2. The highest BCUT2D eigenvalue weighted by Crippen LogP contribution is 1.98. The molecule has 1 heterocycles. The zero-order valence-electron chi connectivity index (χ0n) is 10.3. The Labute approximate surface area is 98.2 Å². The van der Waals surface area contributed by atoms with E-state index in [0.29, 0.717) is 5.92 Å². The van der Waals surface area contributed by atoms with Crippen LogP contribution >= 0.6 is 0 Å². The third-order valence-electron chi connectivity index (χ3n) is 2.32. The van der Waals surface area contributed by atoms with Gasteiger partial charge in [0.1, 0.15) is 0 Å². The van der Waals surface area contributed by atoms with E-state index in [1.807, 2.05) is 24.5 Å². The topological polar surface area (TPSA) is 34.1 Å². The van der Waals surface area contributed by atoms with Crippen molar-refractivity contribution in [3.63, 3.8) is 0 Å². The Morgan fingerprint density at radius 2 is 2.12 bits per heavy atom. The van der Waals surface area contributed by atoms with Crippen LogP contribution < -0.4 is 5.32 Å². The van der Waals surface area contributed by atoms with Gasteiger partial charge in [0.2, 0.25) is 0 Å².